The Hall–Kier alpha value is -1.03. The summed E-state index contributed by atoms with van der Waals surface area (Å²) in [6.45, 7) is 6.22. The van der Waals surface area contributed by atoms with Gasteiger partial charge < -0.3 is 0 Å². The van der Waals surface area contributed by atoms with Crippen molar-refractivity contribution in [2.75, 3.05) is 37.7 Å². The fraction of sp³-hybridized carbons (Fsp3) is 0.500. The number of piperidine rings is 1. The minimum absolute atomic E-state index is 0.837. The Morgan fingerprint density at radius 3 is 2.39 bits per heavy atom. The number of likely N-dealkylation sites (tertiary alicyclic amines) is 1. The monoisotopic (exact) mass is 326 g/mol. The summed E-state index contributed by atoms with van der Waals surface area (Å²) in [6, 6.07) is 16.4. The molecule has 0 radical (unpaired) electrons. The summed E-state index contributed by atoms with van der Waals surface area (Å²) < 4.78 is 0. The number of rotatable bonds is 3. The number of hydrogen-bond donors (Lipinski definition) is 0. The van der Waals surface area contributed by atoms with E-state index in [1.165, 1.54) is 66.9 Å². The average Bonchev–Trinajstić information content (AvgIpc) is 2.63. The van der Waals surface area contributed by atoms with Crippen molar-refractivity contribution in [3.8, 4) is 0 Å². The van der Waals surface area contributed by atoms with E-state index in [2.05, 4.69) is 64.0 Å². The van der Waals surface area contributed by atoms with Gasteiger partial charge in [0.15, 0.2) is 0 Å². The third-order valence-electron chi connectivity index (χ3n) is 5.34. The van der Waals surface area contributed by atoms with Crippen molar-refractivity contribution in [1.29, 1.82) is 0 Å². The molecule has 0 spiro atoms. The zero-order valence-electron chi connectivity index (χ0n) is 13.8. The van der Waals surface area contributed by atoms with Crippen LogP contribution >= 0.6 is 11.8 Å². The van der Waals surface area contributed by atoms with Gasteiger partial charge in [-0.1, -0.05) is 36.4 Å². The van der Waals surface area contributed by atoms with Crippen molar-refractivity contribution < 1.29 is 0 Å². The van der Waals surface area contributed by atoms with Gasteiger partial charge in [-0.25, -0.2) is 0 Å². The highest BCUT2D eigenvalue weighted by atomic mass is 32.2. The summed E-state index contributed by atoms with van der Waals surface area (Å²) in [4.78, 5) is 5.38. The van der Waals surface area contributed by atoms with Gasteiger partial charge in [-0.05, 0) is 48.3 Å². The lowest BCUT2D eigenvalue weighted by Crippen LogP contribution is -2.47. The number of hydrogen-bond acceptors (Lipinski definition) is 3. The van der Waals surface area contributed by atoms with Crippen LogP contribution in [0.15, 0.2) is 42.5 Å². The van der Waals surface area contributed by atoms with E-state index >= 15 is 0 Å². The van der Waals surface area contributed by atoms with Crippen molar-refractivity contribution >= 4 is 22.5 Å². The Bertz CT molecular complexity index is 643. The van der Waals surface area contributed by atoms with Crippen LogP contribution in [0.25, 0.3) is 10.8 Å². The van der Waals surface area contributed by atoms with Crippen LogP contribution in [0.4, 0.5) is 0 Å². The molecule has 0 unspecified atom stereocenters. The third-order valence-corrected chi connectivity index (χ3v) is 6.28. The van der Waals surface area contributed by atoms with Crippen LogP contribution in [0.2, 0.25) is 0 Å². The molecule has 122 valence electrons. The van der Waals surface area contributed by atoms with Crippen molar-refractivity contribution in [3.63, 3.8) is 0 Å². The van der Waals surface area contributed by atoms with E-state index < -0.39 is 0 Å². The summed E-state index contributed by atoms with van der Waals surface area (Å²) in [5, 5.41) is 2.71. The maximum absolute atomic E-state index is 2.74. The molecule has 0 aromatic heterocycles. The molecule has 2 aromatic rings. The first kappa shape index (κ1) is 15.5. The third kappa shape index (κ3) is 3.73. The molecule has 0 amide bonds. The van der Waals surface area contributed by atoms with E-state index in [9.17, 15) is 0 Å². The Morgan fingerprint density at radius 2 is 1.61 bits per heavy atom. The van der Waals surface area contributed by atoms with Gasteiger partial charge in [0, 0.05) is 37.2 Å². The first-order valence-electron chi connectivity index (χ1n) is 8.90. The molecule has 23 heavy (non-hydrogen) atoms. The van der Waals surface area contributed by atoms with Crippen LogP contribution in [-0.2, 0) is 6.54 Å². The molecule has 2 aromatic carbocycles. The highest BCUT2D eigenvalue weighted by molar-refractivity contribution is 7.99. The van der Waals surface area contributed by atoms with Crippen molar-refractivity contribution in [1.82, 2.24) is 9.80 Å². The van der Waals surface area contributed by atoms with E-state index in [1.54, 1.807) is 0 Å². The standard InChI is InChI=1S/C20H26N2S/c1-2-4-19-15-17(5-6-18(19)3-1)16-21-9-7-20(8-10-21)22-11-13-23-14-12-22/h1-6,15,20H,7-14,16H2. The zero-order valence-corrected chi connectivity index (χ0v) is 14.6. The van der Waals surface area contributed by atoms with Crippen LogP contribution in [0, 0.1) is 0 Å². The number of benzene rings is 2. The second-order valence-corrected chi connectivity index (χ2v) is 8.06. The van der Waals surface area contributed by atoms with E-state index in [0.717, 1.165) is 12.6 Å². The zero-order chi connectivity index (χ0) is 15.5. The molecule has 2 nitrogen and oxygen atoms in total. The SMILES string of the molecule is c1ccc2cc(CN3CCC(N4CCSCC4)CC3)ccc2c1. The maximum Gasteiger partial charge on any atom is 0.0233 e. The normalized spacial score (nSPS) is 21.7. The molecule has 2 aliphatic rings. The first-order valence-corrected chi connectivity index (χ1v) is 10.1. The van der Waals surface area contributed by atoms with E-state index in [4.69, 9.17) is 0 Å². The Morgan fingerprint density at radius 1 is 0.870 bits per heavy atom. The summed E-state index contributed by atoms with van der Waals surface area (Å²) in [7, 11) is 0. The summed E-state index contributed by atoms with van der Waals surface area (Å²) >= 11 is 2.11. The van der Waals surface area contributed by atoms with Crippen molar-refractivity contribution in [3.05, 3.63) is 48.0 Å². The molecule has 2 fully saturated rings. The average molecular weight is 327 g/mol. The van der Waals surface area contributed by atoms with Crippen LogP contribution in [0.3, 0.4) is 0 Å². The van der Waals surface area contributed by atoms with Gasteiger partial charge in [0.1, 0.15) is 0 Å². The molecule has 0 saturated carbocycles. The Kier molecular flexibility index (Phi) is 4.88. The molecule has 3 heteroatoms. The predicted octanol–water partition coefficient (Wildman–Crippen LogP) is 3.85. The fourth-order valence-electron chi connectivity index (χ4n) is 3.98. The number of nitrogens with zero attached hydrogens (tertiary/aromatic N) is 2. The number of thioether (sulfide) groups is 1. The summed E-state index contributed by atoms with van der Waals surface area (Å²) in [6.07, 6.45) is 2.69. The van der Waals surface area contributed by atoms with Gasteiger partial charge in [0.25, 0.3) is 0 Å². The van der Waals surface area contributed by atoms with Crippen LogP contribution in [0.5, 0.6) is 0 Å². The van der Waals surface area contributed by atoms with Gasteiger partial charge in [-0.3, -0.25) is 9.80 Å². The topological polar surface area (TPSA) is 6.48 Å². The minimum Gasteiger partial charge on any atom is -0.299 e. The van der Waals surface area contributed by atoms with E-state index in [-0.39, 0.29) is 0 Å². The Balaban J connectivity index is 1.34. The van der Waals surface area contributed by atoms with Gasteiger partial charge in [0.2, 0.25) is 0 Å². The van der Waals surface area contributed by atoms with Crippen LogP contribution in [0.1, 0.15) is 18.4 Å². The molecule has 2 aliphatic heterocycles. The van der Waals surface area contributed by atoms with Gasteiger partial charge in [-0.2, -0.15) is 11.8 Å². The maximum atomic E-state index is 2.74. The molecular weight excluding hydrogens is 300 g/mol. The molecule has 4 rings (SSSR count). The fourth-order valence-corrected chi connectivity index (χ4v) is 4.91. The van der Waals surface area contributed by atoms with Crippen LogP contribution < -0.4 is 0 Å². The second-order valence-electron chi connectivity index (χ2n) is 6.84. The van der Waals surface area contributed by atoms with Gasteiger partial charge >= 0.3 is 0 Å². The van der Waals surface area contributed by atoms with E-state index in [1.807, 2.05) is 0 Å². The summed E-state index contributed by atoms with van der Waals surface area (Å²) in [5.41, 5.74) is 1.46. The molecule has 2 saturated heterocycles. The second kappa shape index (κ2) is 7.25. The quantitative estimate of drug-likeness (QED) is 0.846. The highest BCUT2D eigenvalue weighted by Gasteiger charge is 2.25. The lowest BCUT2D eigenvalue weighted by atomic mass is 10.0. The summed E-state index contributed by atoms with van der Waals surface area (Å²) in [5.74, 6) is 2.66. The minimum atomic E-state index is 0.837. The van der Waals surface area contributed by atoms with Crippen molar-refractivity contribution in [2.24, 2.45) is 0 Å². The van der Waals surface area contributed by atoms with Crippen molar-refractivity contribution in [2.45, 2.75) is 25.4 Å². The predicted molar refractivity (Wildman–Crippen MR) is 101 cm³/mol. The lowest BCUT2D eigenvalue weighted by Gasteiger charge is -2.40. The lowest BCUT2D eigenvalue weighted by molar-refractivity contribution is 0.112. The molecular formula is C20H26N2S. The first-order chi connectivity index (χ1) is 11.4. The smallest absolute Gasteiger partial charge is 0.0233 e. The van der Waals surface area contributed by atoms with Crippen LogP contribution in [-0.4, -0.2) is 53.5 Å². The molecule has 0 aliphatic carbocycles. The molecule has 0 N–H and O–H groups in total. The Labute approximate surface area is 143 Å². The number of fused-ring (bicyclic) bond motifs is 1. The largest absolute Gasteiger partial charge is 0.299 e. The van der Waals surface area contributed by atoms with Gasteiger partial charge in [-0.15, -0.1) is 0 Å². The van der Waals surface area contributed by atoms with E-state index in [0.29, 0.717) is 0 Å². The molecule has 0 atom stereocenters. The van der Waals surface area contributed by atoms with Gasteiger partial charge in [0.05, 0.1) is 0 Å². The highest BCUT2D eigenvalue weighted by Crippen LogP contribution is 2.22. The molecule has 0 bridgehead atoms. The molecule has 2 heterocycles.